The molecular formula is C28H26N6. The van der Waals surface area contributed by atoms with E-state index in [0.717, 1.165) is 42.8 Å². The van der Waals surface area contributed by atoms with Crippen LogP contribution in [0.2, 0.25) is 0 Å². The molecule has 34 heavy (non-hydrogen) atoms. The van der Waals surface area contributed by atoms with Gasteiger partial charge in [-0.3, -0.25) is 9.88 Å². The normalized spacial score (nSPS) is 16.9. The maximum Gasteiger partial charge on any atom is 0.215 e. The van der Waals surface area contributed by atoms with E-state index in [2.05, 4.69) is 73.6 Å². The van der Waals surface area contributed by atoms with Crippen molar-refractivity contribution in [2.24, 2.45) is 4.99 Å². The van der Waals surface area contributed by atoms with E-state index < -0.39 is 0 Å². The quantitative estimate of drug-likeness (QED) is 0.270. The summed E-state index contributed by atoms with van der Waals surface area (Å²) >= 11 is 0. The van der Waals surface area contributed by atoms with Crippen LogP contribution in [0.4, 0.5) is 5.69 Å². The lowest BCUT2D eigenvalue weighted by molar-refractivity contribution is 0.121. The largest absolute Gasteiger partial charge is 0.332 e. The molecule has 3 aromatic carbocycles. The third kappa shape index (κ3) is 4.75. The molecule has 0 spiro atoms. The molecule has 2 heterocycles. The molecule has 6 heteroatoms. The predicted octanol–water partition coefficient (Wildman–Crippen LogP) is 5.04. The summed E-state index contributed by atoms with van der Waals surface area (Å²) < 4.78 is 0. The number of benzene rings is 3. The number of hydrogen-bond acceptors (Lipinski definition) is 4. The van der Waals surface area contributed by atoms with Crippen molar-refractivity contribution in [2.45, 2.75) is 12.6 Å². The number of nitriles is 1. The number of guanidine groups is 1. The fourth-order valence-electron chi connectivity index (χ4n) is 4.58. The average Bonchev–Trinajstić information content (AvgIpc) is 2.90. The average molecular weight is 447 g/mol. The first kappa shape index (κ1) is 21.6. The third-order valence-corrected chi connectivity index (χ3v) is 6.22. The van der Waals surface area contributed by atoms with Crippen molar-refractivity contribution >= 4 is 22.5 Å². The Kier molecular flexibility index (Phi) is 6.46. The zero-order valence-electron chi connectivity index (χ0n) is 18.9. The molecule has 1 atom stereocenters. The molecule has 6 nitrogen and oxygen atoms in total. The standard InChI is InChI=1S/C28H26N6/c29-21-31-28(32-26-15-7-14-25-24(26)13-8-16-30-25)34-18-17-33(19-22-9-3-1-4-10-22)20-27(34)23-11-5-2-6-12-23/h1-16,27H,17-20H2,(H,31,32)/t27-/m1/s1. The highest BCUT2D eigenvalue weighted by molar-refractivity contribution is 6.02. The Morgan fingerprint density at radius 2 is 1.74 bits per heavy atom. The van der Waals surface area contributed by atoms with Gasteiger partial charge in [0.05, 0.1) is 17.2 Å². The fourth-order valence-corrected chi connectivity index (χ4v) is 4.58. The first-order chi connectivity index (χ1) is 16.8. The van der Waals surface area contributed by atoms with Gasteiger partial charge in [0.25, 0.3) is 0 Å². The smallest absolute Gasteiger partial charge is 0.215 e. The summed E-state index contributed by atoms with van der Waals surface area (Å²) in [5, 5.41) is 14.0. The highest BCUT2D eigenvalue weighted by atomic mass is 15.4. The molecule has 1 aliphatic rings. The van der Waals surface area contributed by atoms with Crippen LogP contribution >= 0.6 is 0 Å². The Hall–Kier alpha value is -4.21. The molecule has 1 fully saturated rings. The summed E-state index contributed by atoms with van der Waals surface area (Å²) in [4.78, 5) is 13.4. The van der Waals surface area contributed by atoms with E-state index in [1.54, 1.807) is 6.20 Å². The second-order valence-corrected chi connectivity index (χ2v) is 8.38. The molecule has 0 aliphatic carbocycles. The molecule has 0 amide bonds. The van der Waals surface area contributed by atoms with Crippen molar-refractivity contribution < 1.29 is 0 Å². The van der Waals surface area contributed by atoms with Crippen LogP contribution in [0.25, 0.3) is 10.9 Å². The fraction of sp³-hybridized carbons (Fsp3) is 0.179. The predicted molar refractivity (Wildman–Crippen MR) is 136 cm³/mol. The van der Waals surface area contributed by atoms with Crippen molar-refractivity contribution in [3.8, 4) is 6.19 Å². The number of nitrogens with zero attached hydrogens (tertiary/aromatic N) is 5. The maximum absolute atomic E-state index is 9.54. The van der Waals surface area contributed by atoms with E-state index in [9.17, 15) is 5.26 Å². The molecule has 1 saturated heterocycles. The SMILES string of the molecule is N#C/N=C(\Nc1cccc2ncccc12)N1CCN(Cc2ccccc2)C[C@@H]1c1ccccc1. The minimum absolute atomic E-state index is 0.0614. The van der Waals surface area contributed by atoms with Gasteiger partial charge in [0.1, 0.15) is 0 Å². The molecular weight excluding hydrogens is 420 g/mol. The number of aromatic nitrogens is 1. The number of nitrogens with one attached hydrogen (secondary N) is 1. The van der Waals surface area contributed by atoms with Gasteiger partial charge in [-0.1, -0.05) is 66.7 Å². The van der Waals surface area contributed by atoms with Crippen LogP contribution in [-0.2, 0) is 6.54 Å². The number of pyridine rings is 1. The maximum atomic E-state index is 9.54. The summed E-state index contributed by atoms with van der Waals surface area (Å²) in [5.74, 6) is 0.562. The summed E-state index contributed by atoms with van der Waals surface area (Å²) in [5.41, 5.74) is 4.29. The Morgan fingerprint density at radius 3 is 2.53 bits per heavy atom. The summed E-state index contributed by atoms with van der Waals surface area (Å²) in [6.07, 6.45) is 3.80. The zero-order valence-corrected chi connectivity index (χ0v) is 18.9. The van der Waals surface area contributed by atoms with Crippen LogP contribution in [0.5, 0.6) is 0 Å². The van der Waals surface area contributed by atoms with Crippen LogP contribution < -0.4 is 5.32 Å². The van der Waals surface area contributed by atoms with Gasteiger partial charge < -0.3 is 10.2 Å². The molecule has 1 aliphatic heterocycles. The summed E-state index contributed by atoms with van der Waals surface area (Å²) in [6, 6.07) is 31.0. The minimum atomic E-state index is 0.0614. The van der Waals surface area contributed by atoms with Crippen LogP contribution in [-0.4, -0.2) is 40.4 Å². The molecule has 0 bridgehead atoms. The first-order valence-electron chi connectivity index (χ1n) is 11.5. The summed E-state index contributed by atoms with van der Waals surface area (Å²) in [7, 11) is 0. The van der Waals surface area contributed by atoms with Crippen molar-refractivity contribution in [1.82, 2.24) is 14.8 Å². The molecule has 0 radical (unpaired) electrons. The lowest BCUT2D eigenvalue weighted by atomic mass is 10.0. The van der Waals surface area contributed by atoms with Gasteiger partial charge in [0.2, 0.25) is 12.2 Å². The van der Waals surface area contributed by atoms with E-state index in [4.69, 9.17) is 0 Å². The van der Waals surface area contributed by atoms with Crippen molar-refractivity contribution in [3.05, 3.63) is 108 Å². The molecule has 0 unspecified atom stereocenters. The van der Waals surface area contributed by atoms with Gasteiger partial charge in [-0.15, -0.1) is 4.99 Å². The molecule has 1 N–H and O–H groups in total. The second kappa shape index (κ2) is 10.2. The summed E-state index contributed by atoms with van der Waals surface area (Å²) in [6.45, 7) is 3.36. The number of fused-ring (bicyclic) bond motifs is 1. The van der Waals surface area contributed by atoms with Crippen LogP contribution in [0.3, 0.4) is 0 Å². The van der Waals surface area contributed by atoms with Crippen molar-refractivity contribution in [1.29, 1.82) is 5.26 Å². The third-order valence-electron chi connectivity index (χ3n) is 6.22. The molecule has 1 aromatic heterocycles. The Bertz CT molecular complexity index is 1310. The monoisotopic (exact) mass is 446 g/mol. The van der Waals surface area contributed by atoms with E-state index in [-0.39, 0.29) is 6.04 Å². The molecule has 0 saturated carbocycles. The number of hydrogen-bond donors (Lipinski definition) is 1. The number of piperazine rings is 1. The zero-order chi connectivity index (χ0) is 23.2. The molecule has 5 rings (SSSR count). The number of rotatable bonds is 4. The van der Waals surface area contributed by atoms with Gasteiger partial charge in [0, 0.05) is 37.8 Å². The number of aliphatic imine (C=N–C) groups is 1. The Labute approximate surface area is 199 Å². The molecule has 4 aromatic rings. The Balaban J connectivity index is 1.45. The van der Waals surface area contributed by atoms with Crippen molar-refractivity contribution in [2.75, 3.05) is 25.0 Å². The van der Waals surface area contributed by atoms with Gasteiger partial charge in [-0.2, -0.15) is 5.26 Å². The van der Waals surface area contributed by atoms with Gasteiger partial charge in [-0.05, 0) is 35.4 Å². The topological polar surface area (TPSA) is 67.5 Å². The van der Waals surface area contributed by atoms with Crippen LogP contribution in [0.15, 0.2) is 102 Å². The lowest BCUT2D eigenvalue weighted by Gasteiger charge is -2.43. The van der Waals surface area contributed by atoms with Crippen LogP contribution in [0.1, 0.15) is 17.2 Å². The van der Waals surface area contributed by atoms with Gasteiger partial charge >= 0.3 is 0 Å². The highest BCUT2D eigenvalue weighted by Crippen LogP contribution is 2.29. The molecule has 168 valence electrons. The number of anilines is 1. The Morgan fingerprint density at radius 1 is 0.941 bits per heavy atom. The van der Waals surface area contributed by atoms with Gasteiger partial charge in [-0.25, -0.2) is 0 Å². The van der Waals surface area contributed by atoms with E-state index in [1.165, 1.54) is 11.1 Å². The highest BCUT2D eigenvalue weighted by Gasteiger charge is 2.31. The minimum Gasteiger partial charge on any atom is -0.332 e. The van der Waals surface area contributed by atoms with E-state index in [1.807, 2.05) is 48.7 Å². The first-order valence-corrected chi connectivity index (χ1v) is 11.5. The lowest BCUT2D eigenvalue weighted by Crippen LogP contribution is -2.52. The van der Waals surface area contributed by atoms with Gasteiger partial charge in [0.15, 0.2) is 0 Å². The van der Waals surface area contributed by atoms with E-state index in [0.29, 0.717) is 5.96 Å². The van der Waals surface area contributed by atoms with Crippen LogP contribution in [0, 0.1) is 11.5 Å². The van der Waals surface area contributed by atoms with Crippen molar-refractivity contribution in [3.63, 3.8) is 0 Å². The second-order valence-electron chi connectivity index (χ2n) is 8.38. The van der Waals surface area contributed by atoms with E-state index >= 15 is 0 Å².